The second-order valence-electron chi connectivity index (χ2n) is 4.73. The van der Waals surface area contributed by atoms with Gasteiger partial charge < -0.3 is 9.40 Å². The Bertz CT molecular complexity index is 944. The van der Waals surface area contributed by atoms with Crippen LogP contribution in [0.25, 0.3) is 11.1 Å². The molecule has 2 aromatic heterocycles. The molecule has 1 aromatic carbocycles. The Balaban J connectivity index is 2.22. The number of benzene rings is 1. The van der Waals surface area contributed by atoms with Crippen LogP contribution < -0.4 is 11.2 Å². The van der Waals surface area contributed by atoms with Gasteiger partial charge in [0.15, 0.2) is 0 Å². The summed E-state index contributed by atoms with van der Waals surface area (Å²) in [5, 5.41) is 0.212. The van der Waals surface area contributed by atoms with Crippen LogP contribution in [-0.2, 0) is 6.42 Å². The zero-order valence-corrected chi connectivity index (χ0v) is 11.1. The van der Waals surface area contributed by atoms with Gasteiger partial charge in [0.25, 0.3) is 5.56 Å². The normalized spacial score (nSPS) is 11.0. The van der Waals surface area contributed by atoms with E-state index in [0.29, 0.717) is 17.0 Å². The molecule has 0 spiro atoms. The summed E-state index contributed by atoms with van der Waals surface area (Å²) in [5.41, 5.74) is 0.136. The third-order valence-corrected chi connectivity index (χ3v) is 3.10. The van der Waals surface area contributed by atoms with Gasteiger partial charge in [-0.05, 0) is 36.6 Å². The lowest BCUT2D eigenvalue weighted by Crippen LogP contribution is -2.15. The average molecular weight is 286 g/mol. The topological polar surface area (TPSA) is 76.0 Å². The van der Waals surface area contributed by atoms with Gasteiger partial charge in [-0.25, -0.2) is 9.18 Å². The van der Waals surface area contributed by atoms with Crippen LogP contribution in [0.3, 0.4) is 0 Å². The van der Waals surface area contributed by atoms with Gasteiger partial charge in [0.1, 0.15) is 17.0 Å². The number of H-pyrrole nitrogens is 1. The second kappa shape index (κ2) is 4.97. The van der Waals surface area contributed by atoms with E-state index < -0.39 is 5.63 Å². The molecule has 0 amide bonds. The molecule has 3 rings (SSSR count). The first kappa shape index (κ1) is 13.2. The highest BCUT2D eigenvalue weighted by Gasteiger charge is 2.12. The quantitative estimate of drug-likeness (QED) is 0.780. The van der Waals surface area contributed by atoms with Crippen molar-refractivity contribution in [3.63, 3.8) is 0 Å². The number of halogens is 1. The van der Waals surface area contributed by atoms with Crippen LogP contribution in [-0.4, -0.2) is 9.97 Å². The molecular weight excluding hydrogens is 275 g/mol. The number of hydrogen-bond donors (Lipinski definition) is 1. The molecule has 0 aliphatic heterocycles. The smallest absolute Gasteiger partial charge is 0.337 e. The summed E-state index contributed by atoms with van der Waals surface area (Å²) in [6, 6.07) is 7.22. The molecule has 2 heterocycles. The first-order valence-electron chi connectivity index (χ1n) is 6.31. The number of hydrogen-bond acceptors (Lipinski definition) is 4. The van der Waals surface area contributed by atoms with Crippen molar-refractivity contribution < 1.29 is 8.81 Å². The number of aryl methyl sites for hydroxylation is 1. The predicted octanol–water partition coefficient (Wildman–Crippen LogP) is 1.91. The maximum Gasteiger partial charge on any atom is 0.337 e. The summed E-state index contributed by atoms with van der Waals surface area (Å²) in [6.45, 7) is 1.60. The van der Waals surface area contributed by atoms with E-state index in [9.17, 15) is 14.0 Å². The molecule has 0 aliphatic carbocycles. The lowest BCUT2D eigenvalue weighted by atomic mass is 10.0. The zero-order chi connectivity index (χ0) is 15.0. The molecule has 0 atom stereocenters. The maximum absolute atomic E-state index is 13.2. The van der Waals surface area contributed by atoms with Crippen molar-refractivity contribution in [2.24, 2.45) is 0 Å². The molecule has 5 nitrogen and oxygen atoms in total. The second-order valence-corrected chi connectivity index (χ2v) is 4.73. The standard InChI is InChI=1S/C15H11FN2O3/c1-8-17-14(20)13-10(7-12(19)21-15(13)18-8)5-9-3-2-4-11(16)6-9/h2-4,6-7H,5H2,1H3,(H,17,18,20). The fourth-order valence-electron chi connectivity index (χ4n) is 2.26. The molecule has 0 unspecified atom stereocenters. The average Bonchev–Trinajstić information content (AvgIpc) is 2.36. The SMILES string of the molecule is Cc1nc2oc(=O)cc(Cc3cccc(F)c3)c2c(=O)[nH]1. The number of nitrogens with one attached hydrogen (secondary N) is 1. The Hall–Kier alpha value is -2.76. The number of aromatic amines is 1. The molecule has 0 saturated carbocycles. The van der Waals surface area contributed by atoms with E-state index in [1.807, 2.05) is 0 Å². The summed E-state index contributed by atoms with van der Waals surface area (Å²) in [5.74, 6) is -0.0128. The van der Waals surface area contributed by atoms with Crippen LogP contribution in [0.2, 0.25) is 0 Å². The van der Waals surface area contributed by atoms with Crippen LogP contribution in [0, 0.1) is 12.7 Å². The molecule has 0 radical (unpaired) electrons. The van der Waals surface area contributed by atoms with Crippen LogP contribution in [0.4, 0.5) is 4.39 Å². The summed E-state index contributed by atoms with van der Waals surface area (Å²) in [6.07, 6.45) is 0.244. The highest BCUT2D eigenvalue weighted by molar-refractivity contribution is 5.76. The van der Waals surface area contributed by atoms with Gasteiger partial charge in [-0.3, -0.25) is 4.79 Å². The Kier molecular flexibility index (Phi) is 3.13. The van der Waals surface area contributed by atoms with Crippen molar-refractivity contribution in [2.45, 2.75) is 13.3 Å². The van der Waals surface area contributed by atoms with E-state index in [4.69, 9.17) is 4.42 Å². The van der Waals surface area contributed by atoms with Gasteiger partial charge in [-0.2, -0.15) is 4.98 Å². The Labute approximate surface area is 118 Å². The van der Waals surface area contributed by atoms with Crippen LogP contribution >= 0.6 is 0 Å². The van der Waals surface area contributed by atoms with Crippen LogP contribution in [0.15, 0.2) is 44.3 Å². The summed E-state index contributed by atoms with van der Waals surface area (Å²) in [7, 11) is 0. The van der Waals surface area contributed by atoms with Gasteiger partial charge in [0.2, 0.25) is 5.71 Å². The molecule has 0 fully saturated rings. The third kappa shape index (κ3) is 2.60. The largest absolute Gasteiger partial charge is 0.403 e. The summed E-state index contributed by atoms with van der Waals surface area (Å²) in [4.78, 5) is 30.2. The van der Waals surface area contributed by atoms with Gasteiger partial charge in [-0.1, -0.05) is 12.1 Å². The maximum atomic E-state index is 13.2. The monoisotopic (exact) mass is 286 g/mol. The molecule has 0 bridgehead atoms. The molecule has 0 saturated heterocycles. The first-order valence-corrected chi connectivity index (χ1v) is 6.31. The minimum atomic E-state index is -0.591. The molecule has 21 heavy (non-hydrogen) atoms. The van der Waals surface area contributed by atoms with Crippen molar-refractivity contribution in [1.82, 2.24) is 9.97 Å². The molecule has 3 aromatic rings. The molecule has 6 heteroatoms. The Morgan fingerprint density at radius 1 is 1.29 bits per heavy atom. The van der Waals surface area contributed by atoms with Crippen molar-refractivity contribution in [3.8, 4) is 0 Å². The summed E-state index contributed by atoms with van der Waals surface area (Å²) < 4.78 is 18.2. The number of aromatic nitrogens is 2. The highest BCUT2D eigenvalue weighted by Crippen LogP contribution is 2.16. The van der Waals surface area contributed by atoms with Crippen LogP contribution in [0.5, 0.6) is 0 Å². The number of fused-ring (bicyclic) bond motifs is 1. The van der Waals surface area contributed by atoms with Gasteiger partial charge >= 0.3 is 5.63 Å². The Morgan fingerprint density at radius 2 is 2.10 bits per heavy atom. The first-order chi connectivity index (χ1) is 10.0. The fourth-order valence-corrected chi connectivity index (χ4v) is 2.26. The predicted molar refractivity (Wildman–Crippen MR) is 74.8 cm³/mol. The van der Waals surface area contributed by atoms with E-state index >= 15 is 0 Å². The Morgan fingerprint density at radius 3 is 2.86 bits per heavy atom. The van der Waals surface area contributed by atoms with E-state index in [2.05, 4.69) is 9.97 Å². The van der Waals surface area contributed by atoms with Crippen molar-refractivity contribution in [3.05, 3.63) is 73.9 Å². The minimum absolute atomic E-state index is 0.00449. The fraction of sp³-hybridized carbons (Fsp3) is 0.133. The van der Waals surface area contributed by atoms with Crippen molar-refractivity contribution >= 4 is 11.1 Å². The van der Waals surface area contributed by atoms with Crippen LogP contribution in [0.1, 0.15) is 17.0 Å². The van der Waals surface area contributed by atoms with Crippen molar-refractivity contribution in [1.29, 1.82) is 0 Å². The lowest BCUT2D eigenvalue weighted by Gasteiger charge is -2.05. The van der Waals surface area contributed by atoms with Gasteiger partial charge in [0.05, 0.1) is 0 Å². The van der Waals surface area contributed by atoms with Gasteiger partial charge in [-0.15, -0.1) is 0 Å². The minimum Gasteiger partial charge on any atom is -0.403 e. The van der Waals surface area contributed by atoms with E-state index in [1.165, 1.54) is 18.2 Å². The van der Waals surface area contributed by atoms with E-state index in [-0.39, 0.29) is 28.9 Å². The summed E-state index contributed by atoms with van der Waals surface area (Å²) >= 11 is 0. The van der Waals surface area contributed by atoms with Crippen molar-refractivity contribution in [2.75, 3.05) is 0 Å². The van der Waals surface area contributed by atoms with E-state index in [1.54, 1.807) is 19.1 Å². The zero-order valence-electron chi connectivity index (χ0n) is 11.1. The van der Waals surface area contributed by atoms with Gasteiger partial charge in [0, 0.05) is 6.07 Å². The molecule has 106 valence electrons. The third-order valence-electron chi connectivity index (χ3n) is 3.10. The molecular formula is C15H11FN2O3. The lowest BCUT2D eigenvalue weighted by molar-refractivity contribution is 0.545. The molecule has 0 aliphatic rings. The molecule has 1 N–H and O–H groups in total. The number of nitrogens with zero attached hydrogens (tertiary/aromatic N) is 1. The highest BCUT2D eigenvalue weighted by atomic mass is 19.1. The van der Waals surface area contributed by atoms with E-state index in [0.717, 1.165) is 0 Å². The number of rotatable bonds is 2.